The molecule has 0 saturated heterocycles. The monoisotopic (exact) mass is 270 g/mol. The molecular weight excluding hydrogens is 264 g/mol. The number of hydrogen-bond acceptors (Lipinski definition) is 5. The normalized spacial score (nSPS) is 11.2. The number of hydrogen-bond donors (Lipinski definition) is 0. The molecular formula is C8H6F4N2O4. The Morgan fingerprint density at radius 3 is 2.50 bits per heavy atom. The highest BCUT2D eigenvalue weighted by Crippen LogP contribution is 2.39. The Labute approximate surface area is 97.3 Å². The van der Waals surface area contributed by atoms with Crippen LogP contribution in [0.4, 0.5) is 23.2 Å². The molecule has 10 heteroatoms. The molecule has 0 amide bonds. The first-order valence-electron chi connectivity index (χ1n) is 4.32. The molecule has 0 aliphatic rings. The van der Waals surface area contributed by atoms with Crippen LogP contribution in [0.25, 0.3) is 0 Å². The average Bonchev–Trinajstić information content (AvgIpc) is 2.25. The van der Waals surface area contributed by atoms with E-state index < -0.39 is 40.8 Å². The molecule has 0 N–H and O–H groups in total. The minimum absolute atomic E-state index is 0.499. The van der Waals surface area contributed by atoms with Gasteiger partial charge in [-0.15, -0.1) is 13.2 Å². The maximum absolute atomic E-state index is 12.7. The number of pyridine rings is 1. The molecule has 1 heterocycles. The maximum atomic E-state index is 12.7. The Morgan fingerprint density at radius 2 is 2.11 bits per heavy atom. The summed E-state index contributed by atoms with van der Waals surface area (Å²) in [6.07, 6.45) is -4.69. The molecule has 1 rings (SSSR count). The molecule has 0 radical (unpaired) electrons. The van der Waals surface area contributed by atoms with Crippen molar-refractivity contribution in [1.82, 2.24) is 4.98 Å². The molecule has 6 nitrogen and oxygen atoms in total. The molecule has 1 aromatic rings. The van der Waals surface area contributed by atoms with E-state index in [1.165, 1.54) is 0 Å². The Hall–Kier alpha value is -2.13. The summed E-state index contributed by atoms with van der Waals surface area (Å²) in [5, 5.41) is 10.5. The lowest BCUT2D eigenvalue weighted by molar-refractivity contribution is -0.389. The summed E-state index contributed by atoms with van der Waals surface area (Å²) in [6.45, 7) is -1.46. The highest BCUT2D eigenvalue weighted by molar-refractivity contribution is 5.53. The number of halogens is 4. The number of aromatic nitrogens is 1. The molecule has 100 valence electrons. The summed E-state index contributed by atoms with van der Waals surface area (Å²) >= 11 is 0. The lowest BCUT2D eigenvalue weighted by atomic mass is 10.2. The van der Waals surface area contributed by atoms with Crippen molar-refractivity contribution in [2.24, 2.45) is 0 Å². The van der Waals surface area contributed by atoms with Gasteiger partial charge in [0.05, 0.1) is 17.6 Å². The average molecular weight is 270 g/mol. The standard InChI is InChI=1S/C8H6F4N2O4/c1-17-7-4(2-9)6(18-8(10,11)12)5(3-13-7)14(15)16/h3H,2H2,1H3. The third kappa shape index (κ3) is 2.96. The van der Waals surface area contributed by atoms with Crippen LogP contribution in [-0.4, -0.2) is 23.4 Å². The molecule has 0 spiro atoms. The minimum atomic E-state index is -5.19. The van der Waals surface area contributed by atoms with Crippen molar-refractivity contribution in [3.63, 3.8) is 0 Å². The van der Waals surface area contributed by atoms with Crippen LogP contribution >= 0.6 is 0 Å². The van der Waals surface area contributed by atoms with Crippen LogP contribution in [0.2, 0.25) is 0 Å². The number of rotatable bonds is 4. The van der Waals surface area contributed by atoms with Gasteiger partial charge in [-0.25, -0.2) is 9.37 Å². The van der Waals surface area contributed by atoms with E-state index in [9.17, 15) is 27.7 Å². The van der Waals surface area contributed by atoms with Crippen molar-refractivity contribution >= 4 is 5.69 Å². The first-order valence-corrected chi connectivity index (χ1v) is 4.32. The number of ether oxygens (including phenoxy) is 2. The fraction of sp³-hybridized carbons (Fsp3) is 0.375. The summed E-state index contributed by atoms with van der Waals surface area (Å²) in [6, 6.07) is 0. The molecule has 0 atom stereocenters. The van der Waals surface area contributed by atoms with Gasteiger partial charge < -0.3 is 9.47 Å². The number of methoxy groups -OCH3 is 1. The van der Waals surface area contributed by atoms with Crippen molar-refractivity contribution in [3.8, 4) is 11.6 Å². The predicted octanol–water partition coefficient (Wildman–Crippen LogP) is 2.37. The Kier molecular flexibility index (Phi) is 3.89. The van der Waals surface area contributed by atoms with E-state index in [0.717, 1.165) is 7.11 Å². The second-order valence-electron chi connectivity index (χ2n) is 2.90. The zero-order chi connectivity index (χ0) is 13.9. The Bertz CT molecular complexity index is 463. The van der Waals surface area contributed by atoms with Crippen LogP contribution in [0.5, 0.6) is 11.6 Å². The van der Waals surface area contributed by atoms with E-state index in [0.29, 0.717) is 6.20 Å². The molecule has 0 aliphatic carbocycles. The SMILES string of the molecule is COc1ncc([N+](=O)[O-])c(OC(F)(F)F)c1CF. The molecule has 0 saturated carbocycles. The molecule has 0 unspecified atom stereocenters. The van der Waals surface area contributed by atoms with Gasteiger partial charge in [0, 0.05) is 0 Å². The molecule has 0 aromatic carbocycles. The van der Waals surface area contributed by atoms with Gasteiger partial charge in [-0.3, -0.25) is 10.1 Å². The summed E-state index contributed by atoms with van der Waals surface area (Å²) in [7, 11) is 1.03. The van der Waals surface area contributed by atoms with E-state index in [1.54, 1.807) is 0 Å². The lowest BCUT2D eigenvalue weighted by Gasteiger charge is -2.13. The zero-order valence-corrected chi connectivity index (χ0v) is 8.82. The fourth-order valence-electron chi connectivity index (χ4n) is 1.16. The summed E-state index contributed by atoms with van der Waals surface area (Å²) in [5.74, 6) is -1.77. The van der Waals surface area contributed by atoms with E-state index >= 15 is 0 Å². The van der Waals surface area contributed by atoms with Gasteiger partial charge in [0.15, 0.2) is 0 Å². The smallest absolute Gasteiger partial charge is 0.481 e. The first-order chi connectivity index (χ1) is 8.30. The van der Waals surface area contributed by atoms with Crippen molar-refractivity contribution < 1.29 is 32.0 Å². The van der Waals surface area contributed by atoms with Gasteiger partial charge in [0.1, 0.15) is 12.9 Å². The van der Waals surface area contributed by atoms with Gasteiger partial charge in [-0.2, -0.15) is 0 Å². The zero-order valence-electron chi connectivity index (χ0n) is 8.82. The van der Waals surface area contributed by atoms with Gasteiger partial charge >= 0.3 is 12.0 Å². The van der Waals surface area contributed by atoms with Gasteiger partial charge in [0.2, 0.25) is 11.6 Å². The first kappa shape index (κ1) is 13.9. The van der Waals surface area contributed by atoms with Crippen LogP contribution in [-0.2, 0) is 6.67 Å². The van der Waals surface area contributed by atoms with Crippen LogP contribution < -0.4 is 9.47 Å². The van der Waals surface area contributed by atoms with Crippen LogP contribution in [0.3, 0.4) is 0 Å². The number of alkyl halides is 4. The second kappa shape index (κ2) is 5.02. The summed E-state index contributed by atoms with van der Waals surface area (Å²) in [5.41, 5.74) is -1.87. The second-order valence-corrected chi connectivity index (χ2v) is 2.90. The molecule has 1 aromatic heterocycles. The maximum Gasteiger partial charge on any atom is 0.573 e. The van der Waals surface area contributed by atoms with Crippen LogP contribution in [0.1, 0.15) is 5.56 Å². The van der Waals surface area contributed by atoms with E-state index in [4.69, 9.17) is 0 Å². The van der Waals surface area contributed by atoms with Crippen LogP contribution in [0.15, 0.2) is 6.20 Å². The van der Waals surface area contributed by atoms with Crippen LogP contribution in [0, 0.1) is 10.1 Å². The highest BCUT2D eigenvalue weighted by atomic mass is 19.4. The summed E-state index contributed by atoms with van der Waals surface area (Å²) < 4.78 is 56.9. The van der Waals surface area contributed by atoms with Crippen molar-refractivity contribution in [2.75, 3.05) is 7.11 Å². The lowest BCUT2D eigenvalue weighted by Crippen LogP contribution is -2.19. The van der Waals surface area contributed by atoms with E-state index in [-0.39, 0.29) is 0 Å². The Morgan fingerprint density at radius 1 is 1.50 bits per heavy atom. The number of nitro groups is 1. The number of nitrogens with zero attached hydrogens (tertiary/aromatic N) is 2. The van der Waals surface area contributed by atoms with Crippen molar-refractivity contribution in [1.29, 1.82) is 0 Å². The van der Waals surface area contributed by atoms with E-state index in [2.05, 4.69) is 14.5 Å². The third-order valence-electron chi connectivity index (χ3n) is 1.81. The van der Waals surface area contributed by atoms with Gasteiger partial charge in [0.25, 0.3) is 0 Å². The topological polar surface area (TPSA) is 74.5 Å². The van der Waals surface area contributed by atoms with E-state index in [1.807, 2.05) is 0 Å². The summed E-state index contributed by atoms with van der Waals surface area (Å²) in [4.78, 5) is 12.7. The molecule has 0 bridgehead atoms. The van der Waals surface area contributed by atoms with Gasteiger partial charge in [-0.05, 0) is 0 Å². The molecule has 18 heavy (non-hydrogen) atoms. The van der Waals surface area contributed by atoms with Crippen molar-refractivity contribution in [3.05, 3.63) is 21.9 Å². The Balaban J connectivity index is 3.43. The predicted molar refractivity (Wildman–Crippen MR) is 48.9 cm³/mol. The third-order valence-corrected chi connectivity index (χ3v) is 1.81. The molecule has 0 fully saturated rings. The molecule has 0 aliphatic heterocycles. The highest BCUT2D eigenvalue weighted by Gasteiger charge is 2.37. The van der Waals surface area contributed by atoms with Gasteiger partial charge in [-0.1, -0.05) is 0 Å². The minimum Gasteiger partial charge on any atom is -0.481 e. The fourth-order valence-corrected chi connectivity index (χ4v) is 1.16. The quantitative estimate of drug-likeness (QED) is 0.477. The largest absolute Gasteiger partial charge is 0.573 e. The van der Waals surface area contributed by atoms with Crippen molar-refractivity contribution in [2.45, 2.75) is 13.0 Å².